The topological polar surface area (TPSA) is 59.8 Å². The van der Waals surface area contributed by atoms with Crippen molar-refractivity contribution in [3.63, 3.8) is 0 Å². The highest BCUT2D eigenvalue weighted by molar-refractivity contribution is 5.25. The first-order valence-corrected chi connectivity index (χ1v) is 9.01. The molecule has 0 aromatic carbocycles. The van der Waals surface area contributed by atoms with Crippen LogP contribution in [-0.2, 0) is 23.1 Å². The molecule has 3 atom stereocenters. The summed E-state index contributed by atoms with van der Waals surface area (Å²) in [5.41, 5.74) is 3.66. The standard InChI is InChI=1S/C18H31N3O3/c1-13-16(14(2)20(3)19-13)12-21-8-7-18(23-4)6-5-15(11-17(18)21)24-10-9-22/h15,17,22H,5-12H2,1-4H3/t15-,17-,18+/m0/s1. The van der Waals surface area contributed by atoms with Crippen LogP contribution in [-0.4, -0.2) is 64.4 Å². The first-order chi connectivity index (χ1) is 11.5. The molecule has 136 valence electrons. The zero-order valence-corrected chi connectivity index (χ0v) is 15.4. The molecule has 6 heteroatoms. The van der Waals surface area contributed by atoms with Gasteiger partial charge in [0.05, 0.1) is 30.6 Å². The number of methoxy groups -OCH3 is 1. The second-order valence-electron chi connectivity index (χ2n) is 7.27. The number of aromatic nitrogens is 2. The summed E-state index contributed by atoms with van der Waals surface area (Å²) in [6.45, 7) is 6.73. The van der Waals surface area contributed by atoms with Crippen molar-refractivity contribution >= 4 is 0 Å². The van der Waals surface area contributed by atoms with Crippen LogP contribution in [0.25, 0.3) is 0 Å². The summed E-state index contributed by atoms with van der Waals surface area (Å²) in [7, 11) is 3.86. The highest BCUT2D eigenvalue weighted by atomic mass is 16.5. The fourth-order valence-corrected chi connectivity index (χ4v) is 4.57. The SMILES string of the molecule is CO[C@@]12CC[C@H](OCCO)C[C@@H]1N(Cc1c(C)nn(C)c1C)CC2. The number of likely N-dealkylation sites (tertiary alicyclic amines) is 1. The molecule has 1 aromatic heterocycles. The molecule has 0 unspecified atom stereocenters. The molecule has 0 bridgehead atoms. The number of aliphatic hydroxyl groups excluding tert-OH is 1. The molecular weight excluding hydrogens is 306 g/mol. The fourth-order valence-electron chi connectivity index (χ4n) is 4.57. The number of nitrogens with zero attached hydrogens (tertiary/aromatic N) is 3. The zero-order valence-electron chi connectivity index (χ0n) is 15.4. The highest BCUT2D eigenvalue weighted by Crippen LogP contribution is 2.43. The minimum absolute atomic E-state index is 0.0386. The van der Waals surface area contributed by atoms with Crippen LogP contribution < -0.4 is 0 Å². The van der Waals surface area contributed by atoms with Crippen molar-refractivity contribution in [2.45, 2.75) is 63.8 Å². The van der Waals surface area contributed by atoms with Crippen LogP contribution in [0, 0.1) is 13.8 Å². The Bertz CT molecular complexity index is 574. The fraction of sp³-hybridized carbons (Fsp3) is 0.833. The lowest BCUT2D eigenvalue weighted by Crippen LogP contribution is -2.51. The van der Waals surface area contributed by atoms with Gasteiger partial charge in [-0.2, -0.15) is 5.10 Å². The first-order valence-electron chi connectivity index (χ1n) is 9.01. The Morgan fingerprint density at radius 1 is 1.33 bits per heavy atom. The Balaban J connectivity index is 1.76. The highest BCUT2D eigenvalue weighted by Gasteiger charge is 2.51. The van der Waals surface area contributed by atoms with Gasteiger partial charge in [-0.1, -0.05) is 0 Å². The van der Waals surface area contributed by atoms with E-state index < -0.39 is 0 Å². The van der Waals surface area contributed by atoms with E-state index in [0.29, 0.717) is 12.6 Å². The van der Waals surface area contributed by atoms with Crippen LogP contribution in [0.5, 0.6) is 0 Å². The van der Waals surface area contributed by atoms with Gasteiger partial charge >= 0.3 is 0 Å². The van der Waals surface area contributed by atoms with Crippen molar-refractivity contribution in [1.29, 1.82) is 0 Å². The van der Waals surface area contributed by atoms with Gasteiger partial charge in [-0.15, -0.1) is 0 Å². The van der Waals surface area contributed by atoms with Gasteiger partial charge in [0.15, 0.2) is 0 Å². The number of ether oxygens (including phenoxy) is 2. The molecule has 1 saturated carbocycles. The van der Waals surface area contributed by atoms with E-state index in [9.17, 15) is 0 Å². The third-order valence-corrected chi connectivity index (χ3v) is 6.12. The van der Waals surface area contributed by atoms with E-state index in [0.717, 1.165) is 44.5 Å². The molecule has 1 aliphatic carbocycles. The third-order valence-electron chi connectivity index (χ3n) is 6.12. The van der Waals surface area contributed by atoms with Crippen molar-refractivity contribution < 1.29 is 14.6 Å². The van der Waals surface area contributed by atoms with Gasteiger partial charge in [-0.3, -0.25) is 9.58 Å². The van der Waals surface area contributed by atoms with Crippen LogP contribution in [0.4, 0.5) is 0 Å². The van der Waals surface area contributed by atoms with E-state index in [1.165, 1.54) is 11.3 Å². The molecule has 1 aliphatic heterocycles. The van der Waals surface area contributed by atoms with Gasteiger partial charge in [0.1, 0.15) is 0 Å². The van der Waals surface area contributed by atoms with Gasteiger partial charge in [-0.25, -0.2) is 0 Å². The molecule has 2 fully saturated rings. The van der Waals surface area contributed by atoms with Crippen LogP contribution in [0.2, 0.25) is 0 Å². The summed E-state index contributed by atoms with van der Waals surface area (Å²) < 4.78 is 13.8. The van der Waals surface area contributed by atoms with Crippen molar-refractivity contribution in [3.05, 3.63) is 17.0 Å². The molecule has 6 nitrogen and oxygen atoms in total. The molecular formula is C18H31N3O3. The predicted molar refractivity (Wildman–Crippen MR) is 91.9 cm³/mol. The average molecular weight is 337 g/mol. The lowest BCUT2D eigenvalue weighted by Gasteiger charge is -2.43. The smallest absolute Gasteiger partial charge is 0.0847 e. The minimum Gasteiger partial charge on any atom is -0.394 e. The Hall–Kier alpha value is -0.950. The van der Waals surface area contributed by atoms with Crippen LogP contribution in [0.3, 0.4) is 0 Å². The van der Waals surface area contributed by atoms with Crippen LogP contribution in [0.15, 0.2) is 0 Å². The van der Waals surface area contributed by atoms with Crippen LogP contribution in [0.1, 0.15) is 42.6 Å². The molecule has 2 aliphatic rings. The summed E-state index contributed by atoms with van der Waals surface area (Å²) in [4.78, 5) is 2.55. The van der Waals surface area contributed by atoms with E-state index in [1.54, 1.807) is 0 Å². The minimum atomic E-state index is -0.0386. The summed E-state index contributed by atoms with van der Waals surface area (Å²) in [6.07, 6.45) is 4.34. The van der Waals surface area contributed by atoms with E-state index in [2.05, 4.69) is 23.8 Å². The molecule has 24 heavy (non-hydrogen) atoms. The van der Waals surface area contributed by atoms with Gasteiger partial charge in [0, 0.05) is 44.5 Å². The predicted octanol–water partition coefficient (Wildman–Crippen LogP) is 1.56. The van der Waals surface area contributed by atoms with Crippen molar-refractivity contribution in [2.75, 3.05) is 26.9 Å². The Morgan fingerprint density at radius 2 is 2.12 bits per heavy atom. The number of hydrogen-bond donors (Lipinski definition) is 1. The Labute approximate surface area is 144 Å². The molecule has 0 spiro atoms. The summed E-state index contributed by atoms with van der Waals surface area (Å²) in [5, 5.41) is 13.6. The number of aliphatic hydroxyl groups is 1. The zero-order chi connectivity index (χ0) is 17.3. The maximum atomic E-state index is 9.02. The molecule has 1 aromatic rings. The quantitative estimate of drug-likeness (QED) is 0.854. The summed E-state index contributed by atoms with van der Waals surface area (Å²) in [5.74, 6) is 0. The van der Waals surface area contributed by atoms with Gasteiger partial charge < -0.3 is 14.6 Å². The molecule has 1 N–H and O–H groups in total. The van der Waals surface area contributed by atoms with Crippen LogP contribution >= 0.6 is 0 Å². The molecule has 1 saturated heterocycles. The second kappa shape index (κ2) is 7.12. The molecule has 0 amide bonds. The number of rotatable bonds is 6. The molecule has 2 heterocycles. The largest absolute Gasteiger partial charge is 0.394 e. The number of hydrogen-bond acceptors (Lipinski definition) is 5. The Kier molecular flexibility index (Phi) is 5.30. The second-order valence-corrected chi connectivity index (χ2v) is 7.27. The van der Waals surface area contributed by atoms with Gasteiger partial charge in [-0.05, 0) is 39.5 Å². The molecule has 3 rings (SSSR count). The monoisotopic (exact) mass is 337 g/mol. The van der Waals surface area contributed by atoms with E-state index in [-0.39, 0.29) is 18.3 Å². The number of aryl methyl sites for hydroxylation is 2. The third kappa shape index (κ3) is 3.12. The van der Waals surface area contributed by atoms with Crippen molar-refractivity contribution in [2.24, 2.45) is 7.05 Å². The lowest BCUT2D eigenvalue weighted by atomic mass is 9.79. The van der Waals surface area contributed by atoms with Gasteiger partial charge in [0.25, 0.3) is 0 Å². The lowest BCUT2D eigenvalue weighted by molar-refractivity contribution is -0.104. The van der Waals surface area contributed by atoms with E-state index in [4.69, 9.17) is 14.6 Å². The number of fused-ring (bicyclic) bond motifs is 1. The Morgan fingerprint density at radius 3 is 2.75 bits per heavy atom. The first kappa shape index (κ1) is 17.9. The maximum Gasteiger partial charge on any atom is 0.0847 e. The molecule has 0 radical (unpaired) electrons. The summed E-state index contributed by atoms with van der Waals surface area (Å²) >= 11 is 0. The average Bonchev–Trinajstić information content (AvgIpc) is 3.06. The van der Waals surface area contributed by atoms with E-state index in [1.807, 2.05) is 18.8 Å². The maximum absolute atomic E-state index is 9.02. The summed E-state index contributed by atoms with van der Waals surface area (Å²) in [6, 6.07) is 0.374. The van der Waals surface area contributed by atoms with Crippen molar-refractivity contribution in [3.8, 4) is 0 Å². The van der Waals surface area contributed by atoms with Crippen molar-refractivity contribution in [1.82, 2.24) is 14.7 Å². The van der Waals surface area contributed by atoms with Gasteiger partial charge in [0.2, 0.25) is 0 Å². The van der Waals surface area contributed by atoms with E-state index >= 15 is 0 Å². The normalized spacial score (nSPS) is 30.7.